The van der Waals surface area contributed by atoms with Crippen LogP contribution in [0.1, 0.15) is 60.8 Å². The number of aromatic hydroxyl groups is 1. The molecule has 1 saturated heterocycles. The minimum atomic E-state index is -0.734. The largest absolute Gasteiger partial charge is 0.508 e. The lowest BCUT2D eigenvalue weighted by Gasteiger charge is -2.28. The van der Waals surface area contributed by atoms with Gasteiger partial charge in [0.05, 0.1) is 6.54 Å². The molecular formula is C33H38N2O3. The third-order valence-electron chi connectivity index (χ3n) is 7.84. The van der Waals surface area contributed by atoms with Gasteiger partial charge in [-0.05, 0) is 116 Å². The van der Waals surface area contributed by atoms with Gasteiger partial charge in [-0.15, -0.1) is 0 Å². The Balaban J connectivity index is 1.42. The summed E-state index contributed by atoms with van der Waals surface area (Å²) in [5.41, 5.74) is 8.80. The van der Waals surface area contributed by atoms with Gasteiger partial charge in [-0.25, -0.2) is 0 Å². The van der Waals surface area contributed by atoms with E-state index in [9.17, 15) is 9.90 Å². The summed E-state index contributed by atoms with van der Waals surface area (Å²) < 4.78 is 0. The maximum Gasteiger partial charge on any atom is 0.317 e. The van der Waals surface area contributed by atoms with Gasteiger partial charge < -0.3 is 15.1 Å². The highest BCUT2D eigenvalue weighted by atomic mass is 16.4. The fourth-order valence-electron chi connectivity index (χ4n) is 5.98. The van der Waals surface area contributed by atoms with E-state index >= 15 is 0 Å². The van der Waals surface area contributed by atoms with Crippen LogP contribution in [0.4, 0.5) is 5.69 Å². The molecule has 3 aromatic carbocycles. The number of carboxylic acids is 1. The van der Waals surface area contributed by atoms with Crippen LogP contribution in [0.25, 0.3) is 11.1 Å². The normalized spacial score (nSPS) is 17.5. The average Bonchev–Trinajstić information content (AvgIpc) is 3.12. The van der Waals surface area contributed by atoms with Gasteiger partial charge in [0.1, 0.15) is 5.75 Å². The highest BCUT2D eigenvalue weighted by Crippen LogP contribution is 2.41. The minimum absolute atomic E-state index is 0.148. The zero-order chi connectivity index (χ0) is 26.3. The summed E-state index contributed by atoms with van der Waals surface area (Å²) in [6, 6.07) is 25.6. The molecule has 1 fully saturated rings. The second kappa shape index (κ2) is 12.3. The van der Waals surface area contributed by atoms with Gasteiger partial charge in [0.2, 0.25) is 0 Å². The van der Waals surface area contributed by atoms with Crippen molar-refractivity contribution in [1.82, 2.24) is 4.90 Å². The number of aliphatic carboxylic acids is 1. The lowest BCUT2D eigenvalue weighted by atomic mass is 9.87. The number of carboxylic acid groups (broad SMARTS) is 1. The molecule has 1 heterocycles. The number of anilines is 1. The van der Waals surface area contributed by atoms with Crippen molar-refractivity contribution in [2.24, 2.45) is 0 Å². The Morgan fingerprint density at radius 1 is 0.737 bits per heavy atom. The van der Waals surface area contributed by atoms with Crippen LogP contribution in [0.2, 0.25) is 0 Å². The molecule has 0 saturated carbocycles. The van der Waals surface area contributed by atoms with E-state index in [1.165, 1.54) is 39.1 Å². The Hall–Kier alpha value is -3.57. The molecule has 0 aromatic heterocycles. The molecule has 3 aromatic rings. The van der Waals surface area contributed by atoms with Gasteiger partial charge in [-0.1, -0.05) is 48.5 Å². The van der Waals surface area contributed by atoms with E-state index in [1.807, 2.05) is 12.1 Å². The predicted octanol–water partition coefficient (Wildman–Crippen LogP) is 6.45. The van der Waals surface area contributed by atoms with E-state index in [0.717, 1.165) is 71.1 Å². The van der Waals surface area contributed by atoms with E-state index < -0.39 is 5.97 Å². The number of carbonyl (C=O) groups is 1. The van der Waals surface area contributed by atoms with Crippen molar-refractivity contribution in [1.29, 1.82) is 0 Å². The number of hydrogen-bond donors (Lipinski definition) is 2. The Labute approximate surface area is 226 Å². The summed E-state index contributed by atoms with van der Waals surface area (Å²) in [5, 5.41) is 19.3. The van der Waals surface area contributed by atoms with Crippen molar-refractivity contribution in [3.8, 4) is 5.75 Å². The van der Waals surface area contributed by atoms with Crippen LogP contribution < -0.4 is 4.90 Å². The van der Waals surface area contributed by atoms with Gasteiger partial charge in [-0.3, -0.25) is 9.69 Å². The van der Waals surface area contributed by atoms with Crippen LogP contribution in [0.3, 0.4) is 0 Å². The van der Waals surface area contributed by atoms with Crippen LogP contribution in [-0.4, -0.2) is 53.8 Å². The number of allylic oxidation sites excluding steroid dienone is 1. The zero-order valence-corrected chi connectivity index (χ0v) is 22.1. The van der Waals surface area contributed by atoms with Crippen molar-refractivity contribution in [3.05, 3.63) is 95.1 Å². The lowest BCUT2D eigenvalue weighted by molar-refractivity contribution is -0.138. The van der Waals surface area contributed by atoms with Crippen LogP contribution in [0.15, 0.2) is 72.8 Å². The summed E-state index contributed by atoms with van der Waals surface area (Å²) in [5.74, 6) is -0.404. The number of aryl methyl sites for hydroxylation is 1. The number of nitrogens with zero attached hydrogens (tertiary/aromatic N) is 2. The summed E-state index contributed by atoms with van der Waals surface area (Å²) in [6.07, 6.45) is 7.15. The summed E-state index contributed by atoms with van der Waals surface area (Å²) in [4.78, 5) is 15.7. The number of hydrogen-bond acceptors (Lipinski definition) is 4. The molecule has 0 amide bonds. The summed E-state index contributed by atoms with van der Waals surface area (Å²) in [6.45, 7) is 3.82. The molecule has 0 spiro atoms. The fourth-order valence-corrected chi connectivity index (χ4v) is 5.98. The van der Waals surface area contributed by atoms with Gasteiger partial charge in [-0.2, -0.15) is 0 Å². The highest BCUT2D eigenvalue weighted by Gasteiger charge is 2.21. The SMILES string of the molecule is O=C(O)CN1CCCCN(c2ccc(C3=C(c4ccccc4)CCCc4cc(O)ccc43)cc2)CCCC1. The number of phenols is 1. The summed E-state index contributed by atoms with van der Waals surface area (Å²) in [7, 11) is 0. The molecule has 5 heteroatoms. The van der Waals surface area contributed by atoms with Gasteiger partial charge in [0.25, 0.3) is 0 Å². The molecular weight excluding hydrogens is 472 g/mol. The monoisotopic (exact) mass is 510 g/mol. The second-order valence-electron chi connectivity index (χ2n) is 10.5. The molecule has 5 nitrogen and oxygen atoms in total. The highest BCUT2D eigenvalue weighted by molar-refractivity contribution is 6.00. The third kappa shape index (κ3) is 6.28. The lowest BCUT2D eigenvalue weighted by Crippen LogP contribution is -2.34. The standard InChI is InChI=1S/C33H38N2O3/c36-29-17-18-31-27(23-29)11-8-12-30(25-9-2-1-3-10-25)33(31)26-13-15-28(16-14-26)35-21-6-4-19-34(24-32(37)38)20-5-7-22-35/h1-3,9-10,13-18,23,36H,4-8,11-12,19-22,24H2,(H,37,38). The van der Waals surface area contributed by atoms with Gasteiger partial charge in [0.15, 0.2) is 0 Å². The Morgan fingerprint density at radius 3 is 2.11 bits per heavy atom. The maximum atomic E-state index is 11.1. The molecule has 198 valence electrons. The summed E-state index contributed by atoms with van der Waals surface area (Å²) >= 11 is 0. The van der Waals surface area contributed by atoms with Crippen LogP contribution >= 0.6 is 0 Å². The molecule has 0 bridgehead atoms. The average molecular weight is 511 g/mol. The Bertz CT molecular complexity index is 1260. The molecule has 5 rings (SSSR count). The molecule has 2 aliphatic rings. The molecule has 1 aliphatic heterocycles. The first-order chi connectivity index (χ1) is 18.6. The number of fused-ring (bicyclic) bond motifs is 1. The molecule has 0 atom stereocenters. The molecule has 0 radical (unpaired) electrons. The fraction of sp³-hybridized carbons (Fsp3) is 0.364. The molecule has 38 heavy (non-hydrogen) atoms. The first-order valence-corrected chi connectivity index (χ1v) is 14.0. The predicted molar refractivity (Wildman–Crippen MR) is 155 cm³/mol. The van der Waals surface area contributed by atoms with Crippen molar-refractivity contribution in [2.45, 2.75) is 44.9 Å². The van der Waals surface area contributed by atoms with Crippen LogP contribution in [-0.2, 0) is 11.2 Å². The van der Waals surface area contributed by atoms with Crippen molar-refractivity contribution >= 4 is 22.8 Å². The molecule has 1 aliphatic carbocycles. The van der Waals surface area contributed by atoms with Crippen molar-refractivity contribution < 1.29 is 15.0 Å². The van der Waals surface area contributed by atoms with E-state index in [4.69, 9.17) is 5.11 Å². The van der Waals surface area contributed by atoms with Crippen molar-refractivity contribution in [2.75, 3.05) is 37.6 Å². The number of rotatable bonds is 5. The second-order valence-corrected chi connectivity index (χ2v) is 10.5. The Kier molecular flexibility index (Phi) is 8.44. The number of benzene rings is 3. The van der Waals surface area contributed by atoms with Gasteiger partial charge >= 0.3 is 5.97 Å². The third-order valence-corrected chi connectivity index (χ3v) is 7.84. The zero-order valence-electron chi connectivity index (χ0n) is 22.1. The minimum Gasteiger partial charge on any atom is -0.508 e. The van der Waals surface area contributed by atoms with Crippen molar-refractivity contribution in [3.63, 3.8) is 0 Å². The smallest absolute Gasteiger partial charge is 0.317 e. The van der Waals surface area contributed by atoms with E-state index in [2.05, 4.69) is 70.5 Å². The van der Waals surface area contributed by atoms with E-state index in [-0.39, 0.29) is 6.54 Å². The first-order valence-electron chi connectivity index (χ1n) is 14.0. The quantitative estimate of drug-likeness (QED) is 0.413. The van der Waals surface area contributed by atoms with E-state index in [1.54, 1.807) is 0 Å². The van der Waals surface area contributed by atoms with Gasteiger partial charge in [0, 0.05) is 18.8 Å². The molecule has 0 unspecified atom stereocenters. The topological polar surface area (TPSA) is 64.0 Å². The molecule has 2 N–H and O–H groups in total. The van der Waals surface area contributed by atoms with Crippen LogP contribution in [0.5, 0.6) is 5.75 Å². The first kappa shape index (κ1) is 26.1. The van der Waals surface area contributed by atoms with E-state index in [0.29, 0.717) is 5.75 Å². The maximum absolute atomic E-state index is 11.1. The Morgan fingerprint density at radius 2 is 1.42 bits per heavy atom. The van der Waals surface area contributed by atoms with Crippen LogP contribution in [0, 0.1) is 0 Å². The number of phenolic OH excluding ortho intramolecular Hbond substituents is 1.